The van der Waals surface area contributed by atoms with Crippen molar-refractivity contribution in [3.8, 4) is 0 Å². The molecule has 0 rings (SSSR count). The molecule has 1 unspecified atom stereocenters. The van der Waals surface area contributed by atoms with E-state index in [-0.39, 0.29) is 12.1 Å². The summed E-state index contributed by atoms with van der Waals surface area (Å²) >= 11 is 0. The molecule has 0 aliphatic carbocycles. The molecule has 0 aromatic carbocycles. The highest BCUT2D eigenvalue weighted by Gasteiger charge is 2.09. The number of carbonyl (C=O) groups is 1. The summed E-state index contributed by atoms with van der Waals surface area (Å²) in [7, 11) is 3.93. The van der Waals surface area contributed by atoms with Crippen molar-refractivity contribution in [3.63, 3.8) is 0 Å². The molecule has 0 saturated heterocycles. The maximum absolute atomic E-state index is 10.6. The van der Waals surface area contributed by atoms with E-state index in [1.165, 1.54) is 6.92 Å². The zero-order chi connectivity index (χ0) is 8.85. The monoisotopic (exact) mass is 159 g/mol. The van der Waals surface area contributed by atoms with Crippen molar-refractivity contribution < 1.29 is 9.53 Å². The third-order valence-electron chi connectivity index (χ3n) is 1.36. The first-order chi connectivity index (χ1) is 5.06. The molecule has 11 heavy (non-hydrogen) atoms. The van der Waals surface area contributed by atoms with Crippen LogP contribution in [0.3, 0.4) is 0 Å². The van der Waals surface area contributed by atoms with Gasteiger partial charge in [0, 0.05) is 13.5 Å². The second-order valence-electron chi connectivity index (χ2n) is 2.90. The summed E-state index contributed by atoms with van der Waals surface area (Å²) in [6.45, 7) is 4.26. The lowest BCUT2D eigenvalue weighted by atomic mass is 10.2. The van der Waals surface area contributed by atoms with Gasteiger partial charge in [-0.3, -0.25) is 4.79 Å². The van der Waals surface area contributed by atoms with Crippen LogP contribution in [-0.4, -0.2) is 37.6 Å². The van der Waals surface area contributed by atoms with E-state index in [1.54, 1.807) is 0 Å². The summed E-state index contributed by atoms with van der Waals surface area (Å²) in [6, 6.07) is 0. The fourth-order valence-corrected chi connectivity index (χ4v) is 0.892. The van der Waals surface area contributed by atoms with Crippen LogP contribution in [0, 0.1) is 0 Å². The van der Waals surface area contributed by atoms with Crippen LogP contribution >= 0.6 is 0 Å². The van der Waals surface area contributed by atoms with Crippen molar-refractivity contribution in [1.29, 1.82) is 0 Å². The molecular weight excluding hydrogens is 142 g/mol. The summed E-state index contributed by atoms with van der Waals surface area (Å²) in [4.78, 5) is 12.6. The lowest BCUT2D eigenvalue weighted by Crippen LogP contribution is -2.29. The van der Waals surface area contributed by atoms with Gasteiger partial charge in [0.05, 0.1) is 0 Å². The number of esters is 1. The molecule has 0 spiro atoms. The van der Waals surface area contributed by atoms with Crippen molar-refractivity contribution >= 4 is 5.97 Å². The standard InChI is InChI=1S/C8H17NO2/c1-5-8(6-9(3)4)11-7(2)10/h8H,5-6H2,1-4H3. The minimum atomic E-state index is -0.196. The largest absolute Gasteiger partial charge is 0.461 e. The van der Waals surface area contributed by atoms with Gasteiger partial charge in [0.1, 0.15) is 6.10 Å². The van der Waals surface area contributed by atoms with Crippen LogP contribution in [0.15, 0.2) is 0 Å². The van der Waals surface area contributed by atoms with E-state index in [2.05, 4.69) is 0 Å². The van der Waals surface area contributed by atoms with Gasteiger partial charge in [-0.05, 0) is 20.5 Å². The number of nitrogens with zero attached hydrogens (tertiary/aromatic N) is 1. The molecule has 0 fully saturated rings. The Morgan fingerprint density at radius 1 is 1.55 bits per heavy atom. The first-order valence-corrected chi connectivity index (χ1v) is 3.88. The van der Waals surface area contributed by atoms with E-state index < -0.39 is 0 Å². The molecular formula is C8H17NO2. The minimum Gasteiger partial charge on any atom is -0.461 e. The van der Waals surface area contributed by atoms with Gasteiger partial charge in [-0.2, -0.15) is 0 Å². The van der Waals surface area contributed by atoms with Gasteiger partial charge in [-0.25, -0.2) is 0 Å². The quantitative estimate of drug-likeness (QED) is 0.570. The average molecular weight is 159 g/mol. The number of carbonyl (C=O) groups excluding carboxylic acids is 1. The zero-order valence-corrected chi connectivity index (χ0v) is 7.76. The van der Waals surface area contributed by atoms with E-state index in [1.807, 2.05) is 25.9 Å². The molecule has 0 amide bonds. The van der Waals surface area contributed by atoms with Gasteiger partial charge in [0.15, 0.2) is 0 Å². The fourth-order valence-electron chi connectivity index (χ4n) is 0.892. The predicted molar refractivity (Wildman–Crippen MR) is 44.4 cm³/mol. The van der Waals surface area contributed by atoms with Gasteiger partial charge in [0.25, 0.3) is 0 Å². The Balaban J connectivity index is 3.66. The molecule has 3 heteroatoms. The number of ether oxygens (including phenoxy) is 1. The van der Waals surface area contributed by atoms with Crippen molar-refractivity contribution in [1.82, 2.24) is 4.90 Å². The first-order valence-electron chi connectivity index (χ1n) is 3.88. The Kier molecular flexibility index (Phi) is 4.86. The van der Waals surface area contributed by atoms with E-state index in [4.69, 9.17) is 4.74 Å². The van der Waals surface area contributed by atoms with Crippen LogP contribution in [0.5, 0.6) is 0 Å². The summed E-state index contributed by atoms with van der Waals surface area (Å²) < 4.78 is 5.03. The van der Waals surface area contributed by atoms with Crippen LogP contribution in [0.1, 0.15) is 20.3 Å². The van der Waals surface area contributed by atoms with Gasteiger partial charge in [0.2, 0.25) is 0 Å². The number of likely N-dealkylation sites (N-methyl/N-ethyl adjacent to an activating group) is 1. The van der Waals surface area contributed by atoms with Crippen molar-refractivity contribution in [3.05, 3.63) is 0 Å². The van der Waals surface area contributed by atoms with Crippen LogP contribution < -0.4 is 0 Å². The summed E-state index contributed by atoms with van der Waals surface area (Å²) in [5, 5.41) is 0. The summed E-state index contributed by atoms with van der Waals surface area (Å²) in [6.07, 6.45) is 0.917. The predicted octanol–water partition coefficient (Wildman–Crippen LogP) is 0.890. The first kappa shape index (κ1) is 10.4. The molecule has 0 aromatic heterocycles. The SMILES string of the molecule is CCC(CN(C)C)OC(C)=O. The Labute approximate surface area is 68.3 Å². The van der Waals surface area contributed by atoms with Gasteiger partial charge in [-0.15, -0.1) is 0 Å². The lowest BCUT2D eigenvalue weighted by molar-refractivity contribution is -0.147. The third kappa shape index (κ3) is 5.85. The molecule has 0 saturated carbocycles. The maximum atomic E-state index is 10.6. The molecule has 0 aliphatic heterocycles. The molecule has 0 aromatic rings. The van der Waals surface area contributed by atoms with E-state index >= 15 is 0 Å². The summed E-state index contributed by atoms with van der Waals surface area (Å²) in [5.41, 5.74) is 0. The maximum Gasteiger partial charge on any atom is 0.302 e. The van der Waals surface area contributed by atoms with E-state index in [9.17, 15) is 4.79 Å². The zero-order valence-electron chi connectivity index (χ0n) is 7.76. The number of hydrogen-bond acceptors (Lipinski definition) is 3. The van der Waals surface area contributed by atoms with Crippen LogP contribution in [-0.2, 0) is 9.53 Å². The van der Waals surface area contributed by atoms with Gasteiger partial charge >= 0.3 is 5.97 Å². The van der Waals surface area contributed by atoms with E-state index in [0.717, 1.165) is 13.0 Å². The Morgan fingerprint density at radius 3 is 2.36 bits per heavy atom. The van der Waals surface area contributed by atoms with Crippen molar-refractivity contribution in [2.75, 3.05) is 20.6 Å². The molecule has 3 nitrogen and oxygen atoms in total. The summed E-state index contributed by atoms with van der Waals surface area (Å²) in [5.74, 6) is -0.196. The van der Waals surface area contributed by atoms with Crippen molar-refractivity contribution in [2.24, 2.45) is 0 Å². The van der Waals surface area contributed by atoms with Gasteiger partial charge in [-0.1, -0.05) is 6.92 Å². The normalized spacial score (nSPS) is 13.2. The molecule has 0 aliphatic rings. The topological polar surface area (TPSA) is 29.5 Å². The Morgan fingerprint density at radius 2 is 2.09 bits per heavy atom. The van der Waals surface area contributed by atoms with Crippen LogP contribution in [0.2, 0.25) is 0 Å². The van der Waals surface area contributed by atoms with Crippen molar-refractivity contribution in [2.45, 2.75) is 26.4 Å². The van der Waals surface area contributed by atoms with Gasteiger partial charge < -0.3 is 9.64 Å². The fraction of sp³-hybridized carbons (Fsp3) is 0.875. The minimum absolute atomic E-state index is 0.0440. The second kappa shape index (κ2) is 5.13. The van der Waals surface area contributed by atoms with E-state index in [0.29, 0.717) is 0 Å². The smallest absolute Gasteiger partial charge is 0.302 e. The highest BCUT2D eigenvalue weighted by molar-refractivity contribution is 5.66. The average Bonchev–Trinajstić information content (AvgIpc) is 1.84. The molecule has 0 radical (unpaired) electrons. The number of rotatable bonds is 4. The highest BCUT2D eigenvalue weighted by Crippen LogP contribution is 1.99. The highest BCUT2D eigenvalue weighted by atomic mass is 16.5. The van der Waals surface area contributed by atoms with Crippen LogP contribution in [0.4, 0.5) is 0 Å². The second-order valence-corrected chi connectivity index (χ2v) is 2.90. The molecule has 1 atom stereocenters. The Hall–Kier alpha value is -0.570. The van der Waals surface area contributed by atoms with Crippen LogP contribution in [0.25, 0.3) is 0 Å². The Bertz CT molecular complexity index is 123. The lowest BCUT2D eigenvalue weighted by Gasteiger charge is -2.18. The number of hydrogen-bond donors (Lipinski definition) is 0. The molecule has 0 bridgehead atoms. The molecule has 0 heterocycles. The third-order valence-corrected chi connectivity index (χ3v) is 1.36. The molecule has 0 N–H and O–H groups in total. The molecule has 66 valence electrons.